The second-order valence-corrected chi connectivity index (χ2v) is 18.7. The van der Waals surface area contributed by atoms with Crippen LogP contribution in [0.5, 0.6) is 0 Å². The summed E-state index contributed by atoms with van der Waals surface area (Å²) in [7, 11) is 0. The molecule has 0 spiro atoms. The van der Waals surface area contributed by atoms with Crippen molar-refractivity contribution in [1.82, 2.24) is 0 Å². The van der Waals surface area contributed by atoms with Gasteiger partial charge in [-0.1, -0.05) is 0 Å². The van der Waals surface area contributed by atoms with Crippen LogP contribution < -0.4 is 0 Å². The van der Waals surface area contributed by atoms with Crippen molar-refractivity contribution >= 4 is 18.8 Å². The van der Waals surface area contributed by atoms with Gasteiger partial charge in [0, 0.05) is 0 Å². The van der Waals surface area contributed by atoms with Crippen LogP contribution >= 0.6 is 0 Å². The fourth-order valence-corrected chi connectivity index (χ4v) is 15.5. The average Bonchev–Trinajstić information content (AvgIpc) is 2.73. The summed E-state index contributed by atoms with van der Waals surface area (Å²) in [5.74, 6) is 0. The normalized spacial score (nSPS) is 20.2. The molecule has 6 unspecified atom stereocenters. The monoisotopic (exact) mass is 568 g/mol. The van der Waals surface area contributed by atoms with E-state index in [9.17, 15) is 39.5 Å². The van der Waals surface area contributed by atoms with Crippen LogP contribution in [0.1, 0.15) is 39.0 Å². The first kappa shape index (κ1) is 30.1. The van der Waals surface area contributed by atoms with Gasteiger partial charge in [-0.05, 0) is 0 Å². The number of hydrogen-bond donors (Lipinski definition) is 0. The number of rotatable bonds is 19. The fourth-order valence-electron chi connectivity index (χ4n) is 3.16. The van der Waals surface area contributed by atoms with Crippen molar-refractivity contribution < 1.29 is 42.6 Å². The third-order valence-electron chi connectivity index (χ3n) is 4.98. The van der Waals surface area contributed by atoms with Gasteiger partial charge < -0.3 is 0 Å². The first-order valence-electron chi connectivity index (χ1n) is 10.3. The van der Waals surface area contributed by atoms with Crippen LogP contribution in [0.4, 0.5) is 39.5 Å². The van der Waals surface area contributed by atoms with Gasteiger partial charge in [-0.25, -0.2) is 0 Å². The average molecular weight is 567 g/mol. The molecular weight excluding hydrogens is 534 g/mol. The van der Waals surface area contributed by atoms with Gasteiger partial charge >= 0.3 is 177 Å². The summed E-state index contributed by atoms with van der Waals surface area (Å²) in [4.78, 5) is 0. The molecule has 0 aromatic heterocycles. The predicted octanol–water partition coefficient (Wildman–Crippen LogP) is 6.86. The number of halogens is 9. The Labute approximate surface area is 177 Å². The Morgan fingerprint density at radius 2 is 0.933 bits per heavy atom. The van der Waals surface area contributed by atoms with Gasteiger partial charge in [-0.2, -0.15) is 0 Å². The van der Waals surface area contributed by atoms with E-state index in [1.807, 2.05) is 6.92 Å². The van der Waals surface area contributed by atoms with Gasteiger partial charge in [0.15, 0.2) is 0 Å². The summed E-state index contributed by atoms with van der Waals surface area (Å²) in [6.45, 7) is -3.19. The Kier molecular flexibility index (Phi) is 16.8. The maximum atomic E-state index is 14.2. The standard InChI is InChI=1S/C7H15O.3C4H6F3.Sn/c1-2-3-4-5-6-7-8;3*1-3(6)4(7)2-5;/h2-7H2,1H3;3*3-4H,1-2H2;/q-1;;;;+1. The Morgan fingerprint density at radius 1 is 0.567 bits per heavy atom. The zero-order valence-electron chi connectivity index (χ0n) is 17.3. The van der Waals surface area contributed by atoms with E-state index in [0.717, 1.165) is 19.3 Å². The molecule has 0 heterocycles. The van der Waals surface area contributed by atoms with E-state index in [1.54, 1.807) is 0 Å². The van der Waals surface area contributed by atoms with Crippen molar-refractivity contribution in [3.05, 3.63) is 0 Å². The van der Waals surface area contributed by atoms with Crippen LogP contribution in [0.2, 0.25) is 13.3 Å². The van der Waals surface area contributed by atoms with E-state index in [0.29, 0.717) is 12.8 Å². The molecule has 0 amide bonds. The molecule has 0 saturated heterocycles. The van der Waals surface area contributed by atoms with E-state index in [1.165, 1.54) is 0 Å². The molecule has 0 bridgehead atoms. The van der Waals surface area contributed by atoms with Crippen LogP contribution in [-0.4, -0.2) is 82.5 Å². The van der Waals surface area contributed by atoms with Crippen molar-refractivity contribution in [3.63, 3.8) is 0 Å². The van der Waals surface area contributed by atoms with Crippen molar-refractivity contribution in [2.75, 3.05) is 26.6 Å². The summed E-state index contributed by atoms with van der Waals surface area (Å²) in [5, 5.41) is 0. The number of unbranched alkanes of at least 4 members (excludes halogenated alkanes) is 4. The maximum absolute atomic E-state index is 14.2. The van der Waals surface area contributed by atoms with Gasteiger partial charge in [0.05, 0.1) is 0 Å². The molecule has 0 aromatic carbocycles. The molecule has 0 aromatic rings. The van der Waals surface area contributed by atoms with Crippen molar-refractivity contribution in [1.29, 1.82) is 0 Å². The minimum atomic E-state index is -5.08. The first-order valence-corrected chi connectivity index (χ1v) is 17.5. The molecule has 6 atom stereocenters. The zero-order chi connectivity index (χ0) is 23.2. The third-order valence-corrected chi connectivity index (χ3v) is 17.0. The van der Waals surface area contributed by atoms with Gasteiger partial charge in [0.25, 0.3) is 0 Å². The van der Waals surface area contributed by atoms with Crippen molar-refractivity contribution in [3.8, 4) is 0 Å². The van der Waals surface area contributed by atoms with E-state index in [-0.39, 0.29) is 6.61 Å². The molecule has 0 saturated carbocycles. The Bertz CT molecular complexity index is 376. The number of hydrogen-bond acceptors (Lipinski definition) is 1. The topological polar surface area (TPSA) is 9.23 Å². The fraction of sp³-hybridized carbons (Fsp3) is 1.00. The van der Waals surface area contributed by atoms with Gasteiger partial charge in [0.2, 0.25) is 0 Å². The third kappa shape index (κ3) is 11.7. The summed E-state index contributed by atoms with van der Waals surface area (Å²) >= 11 is -5.08. The van der Waals surface area contributed by atoms with Crippen molar-refractivity contribution in [2.45, 2.75) is 89.4 Å². The molecular formula is C19H33F9OSn. The minimum absolute atomic E-state index is 0.0995. The molecule has 0 radical (unpaired) electrons. The quantitative estimate of drug-likeness (QED) is 0.0943. The predicted molar refractivity (Wildman–Crippen MR) is 102 cm³/mol. The molecule has 182 valence electrons. The van der Waals surface area contributed by atoms with E-state index < -0.39 is 89.2 Å². The molecule has 0 fully saturated rings. The first-order chi connectivity index (χ1) is 14.2. The van der Waals surface area contributed by atoms with Gasteiger partial charge in [-0.3, -0.25) is 0 Å². The molecule has 30 heavy (non-hydrogen) atoms. The summed E-state index contributed by atoms with van der Waals surface area (Å²) in [5.41, 5.74) is 0. The summed E-state index contributed by atoms with van der Waals surface area (Å²) in [6.07, 6.45) is -11.4. The van der Waals surface area contributed by atoms with Gasteiger partial charge in [0.1, 0.15) is 0 Å². The van der Waals surface area contributed by atoms with E-state index >= 15 is 0 Å². The SMILES string of the molecule is CCCCCCC[O][Sn]([CH2]C(F)C(F)CF)([CH2]C(F)C(F)CF)[CH2]C(F)C(F)CF. The number of alkyl halides is 9. The van der Waals surface area contributed by atoms with Crippen LogP contribution in [0.15, 0.2) is 0 Å². The molecule has 0 aliphatic rings. The van der Waals surface area contributed by atoms with Gasteiger partial charge in [-0.15, -0.1) is 0 Å². The summed E-state index contributed by atoms with van der Waals surface area (Å²) < 4.78 is 124. The molecule has 0 aliphatic carbocycles. The van der Waals surface area contributed by atoms with Crippen LogP contribution in [-0.2, 0) is 3.07 Å². The molecule has 11 heteroatoms. The van der Waals surface area contributed by atoms with E-state index in [2.05, 4.69) is 0 Å². The van der Waals surface area contributed by atoms with E-state index in [4.69, 9.17) is 3.07 Å². The molecule has 0 aliphatic heterocycles. The molecule has 0 rings (SSSR count). The zero-order valence-corrected chi connectivity index (χ0v) is 20.1. The summed E-state index contributed by atoms with van der Waals surface area (Å²) in [6, 6.07) is 0. The Hall–Kier alpha value is 0.129. The molecule has 1 nitrogen and oxygen atoms in total. The second kappa shape index (κ2) is 16.7. The van der Waals surface area contributed by atoms with Crippen LogP contribution in [0.3, 0.4) is 0 Å². The Morgan fingerprint density at radius 3 is 1.27 bits per heavy atom. The van der Waals surface area contributed by atoms with Crippen LogP contribution in [0, 0.1) is 0 Å². The van der Waals surface area contributed by atoms with Crippen LogP contribution in [0.25, 0.3) is 0 Å². The second-order valence-electron chi connectivity index (χ2n) is 7.62. The van der Waals surface area contributed by atoms with Crippen molar-refractivity contribution in [2.24, 2.45) is 0 Å². The Balaban J connectivity index is 5.55. The molecule has 0 N–H and O–H groups in total.